The van der Waals surface area contributed by atoms with Crippen LogP contribution < -0.4 is 11.1 Å². The van der Waals surface area contributed by atoms with Gasteiger partial charge in [-0.25, -0.2) is 0 Å². The number of halogens is 1. The second-order valence-corrected chi connectivity index (χ2v) is 4.80. The minimum absolute atomic E-state index is 0. The van der Waals surface area contributed by atoms with Crippen LogP contribution in [0.4, 0.5) is 0 Å². The monoisotopic (exact) mass is 270 g/mol. The fraction of sp³-hybridized carbons (Fsp3) is 0.500. The molecular formula is C14H23ClN2O. The third kappa shape index (κ3) is 6.03. The molecule has 1 aromatic rings. The van der Waals surface area contributed by atoms with Gasteiger partial charge in [0, 0.05) is 19.0 Å². The average molecular weight is 271 g/mol. The van der Waals surface area contributed by atoms with Crippen molar-refractivity contribution < 1.29 is 4.79 Å². The van der Waals surface area contributed by atoms with Gasteiger partial charge in [0.25, 0.3) is 0 Å². The standard InChI is InChI=1S/C14H22N2O.ClH/c1-10-5-4-6-13(7-10)11(2)9-16-14(17)8-12(3)15;/h4-7,11-12H,8-9,15H2,1-3H3,(H,16,17);1H. The highest BCUT2D eigenvalue weighted by molar-refractivity contribution is 5.85. The van der Waals surface area contributed by atoms with E-state index in [0.29, 0.717) is 18.9 Å². The van der Waals surface area contributed by atoms with E-state index in [2.05, 4.69) is 37.4 Å². The van der Waals surface area contributed by atoms with E-state index < -0.39 is 0 Å². The zero-order valence-electron chi connectivity index (χ0n) is 11.3. The van der Waals surface area contributed by atoms with Crippen LogP contribution in [0.5, 0.6) is 0 Å². The van der Waals surface area contributed by atoms with Gasteiger partial charge in [0.05, 0.1) is 0 Å². The SMILES string of the molecule is Cc1cccc(C(C)CNC(=O)CC(C)N)c1.Cl. The van der Waals surface area contributed by atoms with Crippen molar-refractivity contribution in [3.05, 3.63) is 35.4 Å². The number of hydrogen-bond donors (Lipinski definition) is 2. The van der Waals surface area contributed by atoms with Crippen molar-refractivity contribution >= 4 is 18.3 Å². The molecule has 0 bridgehead atoms. The maximum Gasteiger partial charge on any atom is 0.221 e. The van der Waals surface area contributed by atoms with Crippen LogP contribution >= 0.6 is 12.4 Å². The van der Waals surface area contributed by atoms with Gasteiger partial charge in [-0.15, -0.1) is 12.4 Å². The Kier molecular flexibility index (Phi) is 7.64. The van der Waals surface area contributed by atoms with E-state index >= 15 is 0 Å². The van der Waals surface area contributed by atoms with Crippen LogP contribution in [0.25, 0.3) is 0 Å². The molecule has 0 aliphatic carbocycles. The summed E-state index contributed by atoms with van der Waals surface area (Å²) in [6.07, 6.45) is 0.389. The summed E-state index contributed by atoms with van der Waals surface area (Å²) >= 11 is 0. The van der Waals surface area contributed by atoms with Gasteiger partial charge in [-0.1, -0.05) is 36.8 Å². The highest BCUT2D eigenvalue weighted by Crippen LogP contribution is 2.15. The Morgan fingerprint density at radius 3 is 2.61 bits per heavy atom. The number of benzene rings is 1. The van der Waals surface area contributed by atoms with Crippen molar-refractivity contribution in [2.75, 3.05) is 6.54 Å². The third-order valence-electron chi connectivity index (χ3n) is 2.72. The minimum atomic E-state index is -0.0794. The average Bonchev–Trinajstić information content (AvgIpc) is 2.25. The first-order valence-corrected chi connectivity index (χ1v) is 6.08. The number of carbonyl (C=O) groups excluding carboxylic acids is 1. The molecule has 0 aliphatic heterocycles. The Labute approximate surface area is 116 Å². The first-order valence-electron chi connectivity index (χ1n) is 6.08. The molecule has 3 N–H and O–H groups in total. The van der Waals surface area contributed by atoms with Crippen LogP contribution in [0, 0.1) is 6.92 Å². The molecule has 1 aromatic carbocycles. The fourth-order valence-corrected chi connectivity index (χ4v) is 1.73. The quantitative estimate of drug-likeness (QED) is 0.863. The Bertz CT molecular complexity index is 380. The normalized spacial score (nSPS) is 13.3. The van der Waals surface area contributed by atoms with Crippen LogP contribution in [-0.4, -0.2) is 18.5 Å². The fourth-order valence-electron chi connectivity index (χ4n) is 1.73. The number of nitrogens with two attached hydrogens (primary N) is 1. The molecular weight excluding hydrogens is 248 g/mol. The van der Waals surface area contributed by atoms with Crippen LogP contribution in [0.1, 0.15) is 37.3 Å². The summed E-state index contributed by atoms with van der Waals surface area (Å²) in [6.45, 7) is 6.68. The van der Waals surface area contributed by atoms with Crippen LogP contribution in [0.3, 0.4) is 0 Å². The second-order valence-electron chi connectivity index (χ2n) is 4.80. The van der Waals surface area contributed by atoms with E-state index in [1.165, 1.54) is 11.1 Å². The van der Waals surface area contributed by atoms with E-state index in [1.54, 1.807) is 0 Å². The van der Waals surface area contributed by atoms with Crippen molar-refractivity contribution in [2.24, 2.45) is 5.73 Å². The molecule has 2 unspecified atom stereocenters. The van der Waals surface area contributed by atoms with Crippen molar-refractivity contribution in [3.8, 4) is 0 Å². The summed E-state index contributed by atoms with van der Waals surface area (Å²) in [5.74, 6) is 0.353. The zero-order valence-corrected chi connectivity index (χ0v) is 12.1. The molecule has 4 heteroatoms. The molecule has 18 heavy (non-hydrogen) atoms. The summed E-state index contributed by atoms with van der Waals surface area (Å²) in [5, 5.41) is 2.91. The molecule has 0 aromatic heterocycles. The van der Waals surface area contributed by atoms with Crippen LogP contribution in [0.15, 0.2) is 24.3 Å². The predicted molar refractivity (Wildman–Crippen MR) is 78.1 cm³/mol. The molecule has 3 nitrogen and oxygen atoms in total. The summed E-state index contributed by atoms with van der Waals surface area (Å²) in [7, 11) is 0. The Balaban J connectivity index is 0.00000289. The van der Waals surface area contributed by atoms with Crippen molar-refractivity contribution in [1.82, 2.24) is 5.32 Å². The second kappa shape index (κ2) is 8.11. The molecule has 0 saturated carbocycles. The van der Waals surface area contributed by atoms with E-state index in [1.807, 2.05) is 13.0 Å². The number of amides is 1. The molecule has 0 fully saturated rings. The predicted octanol–water partition coefficient (Wildman–Crippen LogP) is 2.37. The number of hydrogen-bond acceptors (Lipinski definition) is 2. The van der Waals surface area contributed by atoms with Gasteiger partial charge in [-0.2, -0.15) is 0 Å². The molecule has 102 valence electrons. The van der Waals surface area contributed by atoms with Gasteiger partial charge >= 0.3 is 0 Å². The first-order chi connectivity index (χ1) is 7.99. The topological polar surface area (TPSA) is 55.1 Å². The molecule has 0 aliphatic rings. The third-order valence-corrected chi connectivity index (χ3v) is 2.72. The lowest BCUT2D eigenvalue weighted by Gasteiger charge is -2.14. The zero-order chi connectivity index (χ0) is 12.8. The van der Waals surface area contributed by atoms with Gasteiger partial charge in [0.2, 0.25) is 5.91 Å². The first kappa shape index (κ1) is 16.9. The summed E-state index contributed by atoms with van der Waals surface area (Å²) < 4.78 is 0. The minimum Gasteiger partial charge on any atom is -0.355 e. The van der Waals surface area contributed by atoms with E-state index in [9.17, 15) is 4.79 Å². The van der Waals surface area contributed by atoms with Crippen molar-refractivity contribution in [1.29, 1.82) is 0 Å². The number of rotatable bonds is 5. The van der Waals surface area contributed by atoms with Crippen molar-refractivity contribution in [3.63, 3.8) is 0 Å². The van der Waals surface area contributed by atoms with E-state index in [0.717, 1.165) is 0 Å². The van der Waals surface area contributed by atoms with Gasteiger partial charge in [-0.3, -0.25) is 4.79 Å². The van der Waals surface area contributed by atoms with Gasteiger partial charge in [0.1, 0.15) is 0 Å². The molecule has 2 atom stereocenters. The van der Waals surface area contributed by atoms with Gasteiger partial charge in [0.15, 0.2) is 0 Å². The van der Waals surface area contributed by atoms with Gasteiger partial charge < -0.3 is 11.1 Å². The highest BCUT2D eigenvalue weighted by atomic mass is 35.5. The lowest BCUT2D eigenvalue weighted by molar-refractivity contribution is -0.121. The molecule has 0 spiro atoms. The number of carbonyl (C=O) groups is 1. The molecule has 0 radical (unpaired) electrons. The number of nitrogens with one attached hydrogen (secondary N) is 1. The number of aryl methyl sites for hydroxylation is 1. The Hall–Kier alpha value is -1.06. The van der Waals surface area contributed by atoms with E-state index in [-0.39, 0.29) is 24.4 Å². The molecule has 0 saturated heterocycles. The summed E-state index contributed by atoms with van der Waals surface area (Å²) in [4.78, 5) is 11.5. The summed E-state index contributed by atoms with van der Waals surface area (Å²) in [6, 6.07) is 8.29. The maximum absolute atomic E-state index is 11.5. The smallest absolute Gasteiger partial charge is 0.221 e. The highest BCUT2D eigenvalue weighted by Gasteiger charge is 2.09. The van der Waals surface area contributed by atoms with Crippen LogP contribution in [0.2, 0.25) is 0 Å². The summed E-state index contributed by atoms with van der Waals surface area (Å²) in [5.41, 5.74) is 8.07. The molecule has 1 rings (SSSR count). The van der Waals surface area contributed by atoms with Crippen molar-refractivity contribution in [2.45, 2.75) is 39.2 Å². The Morgan fingerprint density at radius 1 is 1.39 bits per heavy atom. The molecule has 0 heterocycles. The molecule has 1 amide bonds. The largest absolute Gasteiger partial charge is 0.355 e. The lowest BCUT2D eigenvalue weighted by Crippen LogP contribution is -2.32. The van der Waals surface area contributed by atoms with Gasteiger partial charge in [-0.05, 0) is 25.3 Å². The maximum atomic E-state index is 11.5. The van der Waals surface area contributed by atoms with E-state index in [4.69, 9.17) is 5.73 Å². The Morgan fingerprint density at radius 2 is 2.06 bits per heavy atom. The lowest BCUT2D eigenvalue weighted by atomic mass is 9.99. The van der Waals surface area contributed by atoms with Crippen LogP contribution in [-0.2, 0) is 4.79 Å².